The van der Waals surface area contributed by atoms with Gasteiger partial charge in [-0.2, -0.15) is 0 Å². The number of carboxylic acid groups (broad SMARTS) is 1. The highest BCUT2D eigenvalue weighted by molar-refractivity contribution is 7.12. The Balaban J connectivity index is 2.21. The van der Waals surface area contributed by atoms with E-state index in [9.17, 15) is 4.79 Å². The third kappa shape index (κ3) is 1.79. The van der Waals surface area contributed by atoms with Crippen LogP contribution in [-0.4, -0.2) is 30.7 Å². The van der Waals surface area contributed by atoms with E-state index in [4.69, 9.17) is 5.11 Å². The number of thiophene rings is 1. The third-order valence-corrected chi connectivity index (χ3v) is 3.22. The van der Waals surface area contributed by atoms with Gasteiger partial charge in [0.25, 0.3) is 0 Å². The third-order valence-electron chi connectivity index (χ3n) is 2.31. The molecule has 1 aromatic heterocycles. The largest absolute Gasteiger partial charge is 0.477 e. The summed E-state index contributed by atoms with van der Waals surface area (Å²) in [6.45, 7) is 2.64. The Labute approximate surface area is 85.9 Å². The molecule has 0 saturated carbocycles. The van der Waals surface area contributed by atoms with Crippen molar-refractivity contribution >= 4 is 17.3 Å². The summed E-state index contributed by atoms with van der Waals surface area (Å²) < 4.78 is 0. The Kier molecular flexibility index (Phi) is 2.81. The second-order valence-corrected chi connectivity index (χ2v) is 4.14. The van der Waals surface area contributed by atoms with Gasteiger partial charge in [0.1, 0.15) is 4.88 Å². The van der Waals surface area contributed by atoms with Gasteiger partial charge >= 0.3 is 5.97 Å². The molecule has 2 heterocycles. The van der Waals surface area contributed by atoms with Crippen molar-refractivity contribution in [1.29, 1.82) is 0 Å². The first-order chi connectivity index (χ1) is 6.79. The lowest BCUT2D eigenvalue weighted by Crippen LogP contribution is -2.42. The van der Waals surface area contributed by atoms with E-state index in [-0.39, 0.29) is 6.04 Å². The molecule has 3 N–H and O–H groups in total. The van der Waals surface area contributed by atoms with Gasteiger partial charge in [0, 0.05) is 25.7 Å². The van der Waals surface area contributed by atoms with Crippen molar-refractivity contribution in [2.75, 3.05) is 19.6 Å². The van der Waals surface area contributed by atoms with Crippen LogP contribution in [0.25, 0.3) is 0 Å². The van der Waals surface area contributed by atoms with E-state index < -0.39 is 5.97 Å². The molecule has 0 radical (unpaired) electrons. The van der Waals surface area contributed by atoms with Crippen molar-refractivity contribution in [3.05, 3.63) is 21.9 Å². The monoisotopic (exact) mass is 212 g/mol. The standard InChI is InChI=1S/C9H12N2O2S/c12-9(13)8-6(1-4-14-8)7-5-10-2-3-11-7/h1,4,7,10-11H,2-3,5H2,(H,12,13). The first-order valence-electron chi connectivity index (χ1n) is 4.54. The summed E-state index contributed by atoms with van der Waals surface area (Å²) in [6.07, 6.45) is 0. The van der Waals surface area contributed by atoms with Crippen molar-refractivity contribution in [2.45, 2.75) is 6.04 Å². The molecule has 1 saturated heterocycles. The molecule has 5 heteroatoms. The molecule has 1 aliphatic heterocycles. The fourth-order valence-corrected chi connectivity index (χ4v) is 2.44. The molecule has 76 valence electrons. The summed E-state index contributed by atoms with van der Waals surface area (Å²) in [7, 11) is 0. The van der Waals surface area contributed by atoms with Crippen LogP contribution < -0.4 is 10.6 Å². The van der Waals surface area contributed by atoms with E-state index in [0.29, 0.717) is 4.88 Å². The second-order valence-electron chi connectivity index (χ2n) is 3.22. The highest BCUT2D eigenvalue weighted by atomic mass is 32.1. The fourth-order valence-electron chi connectivity index (χ4n) is 1.64. The van der Waals surface area contributed by atoms with Crippen molar-refractivity contribution in [3.63, 3.8) is 0 Å². The molecule has 0 spiro atoms. The van der Waals surface area contributed by atoms with Crippen LogP contribution in [-0.2, 0) is 0 Å². The van der Waals surface area contributed by atoms with Crippen LogP contribution in [0.4, 0.5) is 0 Å². The summed E-state index contributed by atoms with van der Waals surface area (Å²) in [6, 6.07) is 2.03. The predicted molar refractivity (Wildman–Crippen MR) is 54.9 cm³/mol. The SMILES string of the molecule is O=C(O)c1sccc1C1CNCCN1. The second kappa shape index (κ2) is 4.08. The van der Waals surface area contributed by atoms with E-state index in [1.54, 1.807) is 0 Å². The molecular weight excluding hydrogens is 200 g/mol. The van der Waals surface area contributed by atoms with Gasteiger partial charge in [0.2, 0.25) is 0 Å². The number of piperazine rings is 1. The molecule has 0 aliphatic carbocycles. The summed E-state index contributed by atoms with van der Waals surface area (Å²) in [5, 5.41) is 17.3. The van der Waals surface area contributed by atoms with Crippen LogP contribution in [0.15, 0.2) is 11.4 Å². The lowest BCUT2D eigenvalue weighted by molar-refractivity contribution is 0.0700. The van der Waals surface area contributed by atoms with E-state index in [2.05, 4.69) is 10.6 Å². The average molecular weight is 212 g/mol. The van der Waals surface area contributed by atoms with Gasteiger partial charge in [-0.1, -0.05) is 0 Å². The van der Waals surface area contributed by atoms with Crippen LogP contribution in [0.1, 0.15) is 21.3 Å². The zero-order chi connectivity index (χ0) is 9.97. The lowest BCUT2D eigenvalue weighted by Gasteiger charge is -2.24. The lowest BCUT2D eigenvalue weighted by atomic mass is 10.1. The number of hydrogen-bond acceptors (Lipinski definition) is 4. The topological polar surface area (TPSA) is 61.4 Å². The van der Waals surface area contributed by atoms with Gasteiger partial charge in [-0.15, -0.1) is 11.3 Å². The Hall–Kier alpha value is -0.910. The van der Waals surface area contributed by atoms with Crippen LogP contribution in [0.2, 0.25) is 0 Å². The highest BCUT2D eigenvalue weighted by Gasteiger charge is 2.21. The molecular formula is C9H12N2O2S. The smallest absolute Gasteiger partial charge is 0.346 e. The zero-order valence-corrected chi connectivity index (χ0v) is 8.43. The number of carboxylic acids is 1. The molecule has 0 aromatic carbocycles. The Morgan fingerprint density at radius 3 is 3.07 bits per heavy atom. The normalized spacial score (nSPS) is 22.1. The van der Waals surface area contributed by atoms with Gasteiger partial charge in [-0.05, 0) is 17.0 Å². The molecule has 1 aliphatic rings. The molecule has 0 bridgehead atoms. The zero-order valence-electron chi connectivity index (χ0n) is 7.62. The van der Waals surface area contributed by atoms with E-state index in [1.165, 1.54) is 11.3 Å². The van der Waals surface area contributed by atoms with Crippen molar-refractivity contribution < 1.29 is 9.90 Å². The summed E-state index contributed by atoms with van der Waals surface area (Å²) in [4.78, 5) is 11.3. The van der Waals surface area contributed by atoms with Gasteiger partial charge in [0.05, 0.1) is 0 Å². The van der Waals surface area contributed by atoms with Gasteiger partial charge in [0.15, 0.2) is 0 Å². The minimum Gasteiger partial charge on any atom is -0.477 e. The predicted octanol–water partition coefficient (Wildman–Crippen LogP) is 0.680. The van der Waals surface area contributed by atoms with Crippen LogP contribution >= 0.6 is 11.3 Å². The van der Waals surface area contributed by atoms with Crippen LogP contribution in [0, 0.1) is 0 Å². The quantitative estimate of drug-likeness (QED) is 0.674. The van der Waals surface area contributed by atoms with Crippen LogP contribution in [0.5, 0.6) is 0 Å². The summed E-state index contributed by atoms with van der Waals surface area (Å²) >= 11 is 1.28. The molecule has 4 nitrogen and oxygen atoms in total. The van der Waals surface area contributed by atoms with Crippen molar-refractivity contribution in [1.82, 2.24) is 10.6 Å². The summed E-state index contributed by atoms with van der Waals surface area (Å²) in [5.74, 6) is -0.831. The summed E-state index contributed by atoms with van der Waals surface area (Å²) in [5.41, 5.74) is 0.898. The highest BCUT2D eigenvalue weighted by Crippen LogP contribution is 2.23. The average Bonchev–Trinajstić information content (AvgIpc) is 2.67. The molecule has 1 aromatic rings. The molecule has 1 atom stereocenters. The van der Waals surface area contributed by atoms with Gasteiger partial charge < -0.3 is 15.7 Å². The molecule has 1 unspecified atom stereocenters. The number of hydrogen-bond donors (Lipinski definition) is 3. The molecule has 2 rings (SSSR count). The van der Waals surface area contributed by atoms with Crippen molar-refractivity contribution in [2.24, 2.45) is 0 Å². The maximum Gasteiger partial charge on any atom is 0.346 e. The Morgan fingerprint density at radius 1 is 1.57 bits per heavy atom. The minimum atomic E-state index is -0.831. The molecule has 14 heavy (non-hydrogen) atoms. The van der Waals surface area contributed by atoms with E-state index in [0.717, 1.165) is 25.2 Å². The molecule has 1 fully saturated rings. The number of aromatic carboxylic acids is 1. The van der Waals surface area contributed by atoms with Gasteiger partial charge in [-0.25, -0.2) is 4.79 Å². The minimum absolute atomic E-state index is 0.140. The first-order valence-corrected chi connectivity index (χ1v) is 5.42. The Bertz CT molecular complexity index is 331. The van der Waals surface area contributed by atoms with E-state index >= 15 is 0 Å². The number of carbonyl (C=O) groups is 1. The number of nitrogens with one attached hydrogen (secondary N) is 2. The fraction of sp³-hybridized carbons (Fsp3) is 0.444. The van der Waals surface area contributed by atoms with Crippen LogP contribution in [0.3, 0.4) is 0 Å². The maximum absolute atomic E-state index is 10.9. The van der Waals surface area contributed by atoms with Crippen molar-refractivity contribution in [3.8, 4) is 0 Å². The first kappa shape index (κ1) is 9.64. The maximum atomic E-state index is 10.9. The number of rotatable bonds is 2. The Morgan fingerprint density at radius 2 is 2.43 bits per heavy atom. The van der Waals surface area contributed by atoms with Gasteiger partial charge in [-0.3, -0.25) is 0 Å². The van der Waals surface area contributed by atoms with E-state index in [1.807, 2.05) is 11.4 Å². The molecule has 0 amide bonds.